The Bertz CT molecular complexity index is 686. The number of hydrogen-bond acceptors (Lipinski definition) is 1. The van der Waals surface area contributed by atoms with Crippen molar-refractivity contribution in [3.63, 3.8) is 0 Å². The summed E-state index contributed by atoms with van der Waals surface area (Å²) in [5.41, 5.74) is 0.159. The third-order valence-corrected chi connectivity index (χ3v) is 6.98. The minimum absolute atomic E-state index is 0.0116. The van der Waals surface area contributed by atoms with Gasteiger partial charge < -0.3 is 0 Å². The molecule has 0 aliphatic carbocycles. The molecule has 1 heterocycles. The van der Waals surface area contributed by atoms with Gasteiger partial charge in [-0.2, -0.15) is 0 Å². The van der Waals surface area contributed by atoms with Crippen LogP contribution in [0.5, 0.6) is 0 Å². The molecule has 78 valence electrons. The van der Waals surface area contributed by atoms with E-state index in [1.807, 2.05) is 36.4 Å². The fraction of sp³-hybridized carbons (Fsp3) is 0. The van der Waals surface area contributed by atoms with Crippen LogP contribution in [0.2, 0.25) is 0 Å². The zero-order chi connectivity index (χ0) is 11.1. The topological polar surface area (TPSA) is 17.1 Å². The lowest BCUT2D eigenvalue weighted by atomic mass is 10.2. The average Bonchev–Trinajstić information content (AvgIpc) is 2.36. The summed E-state index contributed by atoms with van der Waals surface area (Å²) in [5, 5.41) is 1.72. The van der Waals surface area contributed by atoms with E-state index >= 15 is 0 Å². The molecule has 1 nitrogen and oxygen atoms in total. The Morgan fingerprint density at radius 1 is 0.812 bits per heavy atom. The lowest BCUT2D eigenvalue weighted by Crippen LogP contribution is -2.00. The molecule has 3 aromatic rings. The summed E-state index contributed by atoms with van der Waals surface area (Å²) in [5.74, 6) is 0. The molecular weight excluding hydrogens is 331 g/mol. The molecule has 3 rings (SSSR count). The molecule has 0 amide bonds. The van der Waals surface area contributed by atoms with Gasteiger partial charge in [0.25, 0.3) is 21.2 Å². The summed E-state index contributed by atoms with van der Waals surface area (Å²) in [6.45, 7) is 0. The molecule has 0 N–H and O–H groups in total. The molecule has 0 bridgehead atoms. The van der Waals surface area contributed by atoms with E-state index in [1.54, 1.807) is 0 Å². The second-order valence-corrected chi connectivity index (χ2v) is 7.61. The predicted molar refractivity (Wildman–Crippen MR) is 79.6 cm³/mol. The average molecular weight is 339 g/mol. The summed E-state index contributed by atoms with van der Waals surface area (Å²) in [6, 6.07) is 15.8. The molecule has 0 atom stereocenters. The van der Waals surface area contributed by atoms with Crippen LogP contribution in [0, 0.1) is 0 Å². The summed E-state index contributed by atoms with van der Waals surface area (Å²) in [7, 11) is -0.0116. The van der Waals surface area contributed by atoms with Crippen molar-refractivity contribution < 1.29 is 0 Å². The first-order chi connectivity index (χ1) is 7.79. The summed E-state index contributed by atoms with van der Waals surface area (Å²) in [4.78, 5) is 12.3. The molecule has 0 aliphatic rings. The van der Waals surface area contributed by atoms with Crippen LogP contribution >= 0.6 is 28.8 Å². The maximum Gasteiger partial charge on any atom is 0.288 e. The first-order valence-corrected chi connectivity index (χ1v) is 8.69. The fourth-order valence-corrected chi connectivity index (χ4v) is 5.53. The van der Waals surface area contributed by atoms with Crippen LogP contribution in [0.1, 0.15) is 0 Å². The minimum Gasteiger partial charge on any atom is -0.288 e. The highest BCUT2D eigenvalue weighted by atomic mass is 127. The van der Waals surface area contributed by atoms with E-state index in [-0.39, 0.29) is 13.1 Å². The zero-order valence-corrected chi connectivity index (χ0v) is 11.3. The number of rotatable bonds is 0. The highest BCUT2D eigenvalue weighted by Gasteiger charge is 2.17. The van der Waals surface area contributed by atoms with E-state index in [9.17, 15) is 4.79 Å². The quantitative estimate of drug-likeness (QED) is 0.339. The van der Waals surface area contributed by atoms with Gasteiger partial charge in [-0.05, 0) is 24.3 Å². The third kappa shape index (κ3) is 1.38. The Morgan fingerprint density at radius 2 is 1.25 bits per heavy atom. The Morgan fingerprint density at radius 3 is 1.75 bits per heavy atom. The van der Waals surface area contributed by atoms with E-state index in [0.29, 0.717) is 0 Å². The maximum absolute atomic E-state index is 12.3. The van der Waals surface area contributed by atoms with Gasteiger partial charge in [-0.15, -0.1) is 0 Å². The summed E-state index contributed by atoms with van der Waals surface area (Å²) < 4.78 is 2.32. The SMILES string of the molecule is O=c1c2ccccc2[s+](I)c2ccccc12. The van der Waals surface area contributed by atoms with Gasteiger partial charge in [-0.1, -0.05) is 24.3 Å². The summed E-state index contributed by atoms with van der Waals surface area (Å²) >= 11 is 2.43. The second kappa shape index (κ2) is 3.82. The molecule has 1 aromatic heterocycles. The van der Waals surface area contributed by atoms with Crippen molar-refractivity contribution in [2.45, 2.75) is 0 Å². The monoisotopic (exact) mass is 339 g/mol. The van der Waals surface area contributed by atoms with E-state index in [4.69, 9.17) is 0 Å². The number of fused-ring (bicyclic) bond motifs is 2. The van der Waals surface area contributed by atoms with Crippen LogP contribution in [0.15, 0.2) is 53.3 Å². The van der Waals surface area contributed by atoms with E-state index in [2.05, 4.69) is 33.3 Å². The van der Waals surface area contributed by atoms with E-state index in [1.165, 1.54) is 0 Å². The molecule has 0 radical (unpaired) electrons. The normalized spacial score (nSPS) is 11.1. The molecule has 0 saturated heterocycles. The first kappa shape index (κ1) is 10.2. The highest BCUT2D eigenvalue weighted by Crippen LogP contribution is 2.40. The van der Waals surface area contributed by atoms with Crippen molar-refractivity contribution in [3.05, 3.63) is 58.8 Å². The Kier molecular flexibility index (Phi) is 2.44. The van der Waals surface area contributed by atoms with Gasteiger partial charge >= 0.3 is 0 Å². The third-order valence-electron chi connectivity index (χ3n) is 2.65. The predicted octanol–water partition coefficient (Wildman–Crippen LogP) is 4.30. The lowest BCUT2D eigenvalue weighted by Gasteiger charge is -1.96. The van der Waals surface area contributed by atoms with Crippen molar-refractivity contribution in [1.29, 1.82) is 0 Å². The van der Waals surface area contributed by atoms with Crippen molar-refractivity contribution in [1.82, 2.24) is 0 Å². The van der Waals surface area contributed by atoms with Crippen molar-refractivity contribution in [2.75, 3.05) is 0 Å². The van der Waals surface area contributed by atoms with Gasteiger partial charge in [0.05, 0.1) is 18.4 Å². The fourth-order valence-electron chi connectivity index (χ4n) is 1.88. The maximum atomic E-state index is 12.3. The molecule has 16 heavy (non-hydrogen) atoms. The second-order valence-electron chi connectivity index (χ2n) is 3.58. The Labute approximate surface area is 107 Å². The van der Waals surface area contributed by atoms with Crippen LogP contribution in [0.3, 0.4) is 0 Å². The molecule has 3 heteroatoms. The van der Waals surface area contributed by atoms with Crippen molar-refractivity contribution in [2.24, 2.45) is 0 Å². The zero-order valence-electron chi connectivity index (χ0n) is 8.31. The van der Waals surface area contributed by atoms with Gasteiger partial charge in [-0.25, -0.2) is 0 Å². The Balaban J connectivity index is 2.73. The van der Waals surface area contributed by atoms with Gasteiger partial charge in [0.1, 0.15) is 0 Å². The van der Waals surface area contributed by atoms with Crippen LogP contribution in [-0.4, -0.2) is 0 Å². The van der Waals surface area contributed by atoms with E-state index < -0.39 is 0 Å². The largest absolute Gasteiger partial charge is 0.288 e. The molecule has 2 aromatic carbocycles. The van der Waals surface area contributed by atoms with Gasteiger partial charge in [-0.3, -0.25) is 4.79 Å². The molecule has 0 saturated carbocycles. The van der Waals surface area contributed by atoms with Crippen LogP contribution < -0.4 is 5.43 Å². The van der Waals surface area contributed by atoms with Crippen molar-refractivity contribution >= 4 is 49.0 Å². The smallest absolute Gasteiger partial charge is 0.288 e. The van der Waals surface area contributed by atoms with Gasteiger partial charge in [0.15, 0.2) is 9.40 Å². The molecule has 0 fully saturated rings. The standard InChI is InChI=1S/C13H8IOS/c14-16-11-7-3-1-5-9(11)13(15)10-6-2-4-8-12(10)16/h1-8H/q+1. The Hall–Kier alpha value is -0.940. The summed E-state index contributed by atoms with van der Waals surface area (Å²) in [6.07, 6.45) is 0. The van der Waals surface area contributed by atoms with E-state index in [0.717, 1.165) is 20.2 Å². The minimum atomic E-state index is -0.0116. The first-order valence-electron chi connectivity index (χ1n) is 4.92. The number of benzene rings is 2. The van der Waals surface area contributed by atoms with Crippen LogP contribution in [0.25, 0.3) is 20.2 Å². The van der Waals surface area contributed by atoms with Crippen LogP contribution in [0.4, 0.5) is 0 Å². The number of hydrogen-bond donors (Lipinski definition) is 0. The molecular formula is C13H8IOS+. The highest BCUT2D eigenvalue weighted by molar-refractivity contribution is 14.2. The molecule has 0 spiro atoms. The number of halogens is 1. The van der Waals surface area contributed by atoms with Gasteiger partial charge in [0, 0.05) is 0 Å². The molecule has 0 aliphatic heterocycles. The lowest BCUT2D eigenvalue weighted by molar-refractivity contribution is 1.75. The van der Waals surface area contributed by atoms with Gasteiger partial charge in [0.2, 0.25) is 5.43 Å². The molecule has 0 unspecified atom stereocenters. The van der Waals surface area contributed by atoms with Crippen LogP contribution in [-0.2, 0) is 0 Å². The van der Waals surface area contributed by atoms with Crippen molar-refractivity contribution in [3.8, 4) is 0 Å².